The van der Waals surface area contributed by atoms with E-state index in [1.165, 1.54) is 5.69 Å². The Labute approximate surface area is 96.0 Å². The smallest absolute Gasteiger partial charge is 0.128 e. The van der Waals surface area contributed by atoms with Gasteiger partial charge in [0.15, 0.2) is 0 Å². The van der Waals surface area contributed by atoms with E-state index in [1.807, 2.05) is 11.8 Å². The summed E-state index contributed by atoms with van der Waals surface area (Å²) in [4.78, 5) is 2.42. The maximum absolute atomic E-state index is 3.62. The van der Waals surface area contributed by atoms with Crippen LogP contribution in [-0.2, 0) is 0 Å². The second-order valence-electron chi connectivity index (χ2n) is 4.58. The number of thioether (sulfide) groups is 1. The van der Waals surface area contributed by atoms with Crippen molar-refractivity contribution in [3.05, 3.63) is 30.3 Å². The predicted octanol–water partition coefficient (Wildman–Crippen LogP) is 2.52. The quantitative estimate of drug-likeness (QED) is 0.828. The van der Waals surface area contributed by atoms with Crippen molar-refractivity contribution in [3.63, 3.8) is 0 Å². The van der Waals surface area contributed by atoms with Gasteiger partial charge in [0, 0.05) is 17.8 Å². The second kappa shape index (κ2) is 4.06. The Morgan fingerprint density at radius 2 is 2.00 bits per heavy atom. The summed E-state index contributed by atoms with van der Waals surface area (Å²) in [6, 6.07) is 10.6. The van der Waals surface area contributed by atoms with Crippen LogP contribution in [0.15, 0.2) is 30.3 Å². The molecule has 1 aromatic rings. The Balaban J connectivity index is 2.22. The minimum absolute atomic E-state index is 0.198. The third kappa shape index (κ3) is 2.29. The monoisotopic (exact) mass is 222 g/mol. The highest BCUT2D eigenvalue weighted by Crippen LogP contribution is 2.29. The van der Waals surface area contributed by atoms with Crippen molar-refractivity contribution < 1.29 is 0 Å². The van der Waals surface area contributed by atoms with E-state index in [9.17, 15) is 0 Å². The van der Waals surface area contributed by atoms with E-state index in [1.54, 1.807) is 0 Å². The summed E-state index contributed by atoms with van der Waals surface area (Å²) < 4.78 is 0. The molecule has 0 spiro atoms. The molecule has 1 fully saturated rings. The Morgan fingerprint density at radius 1 is 1.33 bits per heavy atom. The third-order valence-electron chi connectivity index (χ3n) is 2.67. The summed E-state index contributed by atoms with van der Waals surface area (Å²) in [6.07, 6.45) is 2.15. The minimum atomic E-state index is 0.198. The summed E-state index contributed by atoms with van der Waals surface area (Å²) in [6.45, 7) is 5.56. The molecule has 1 atom stereocenters. The number of hydrogen-bond donors (Lipinski definition) is 1. The molecule has 1 N–H and O–H groups in total. The van der Waals surface area contributed by atoms with E-state index < -0.39 is 0 Å². The van der Waals surface area contributed by atoms with Crippen molar-refractivity contribution in [1.29, 1.82) is 0 Å². The molecule has 15 heavy (non-hydrogen) atoms. The van der Waals surface area contributed by atoms with E-state index in [2.05, 4.69) is 60.7 Å². The van der Waals surface area contributed by atoms with Gasteiger partial charge in [0.25, 0.3) is 0 Å². The summed E-state index contributed by atoms with van der Waals surface area (Å²) in [7, 11) is 0. The first-order valence-electron chi connectivity index (χ1n) is 5.24. The van der Waals surface area contributed by atoms with E-state index in [-0.39, 0.29) is 5.54 Å². The molecule has 0 aliphatic carbocycles. The zero-order valence-electron chi connectivity index (χ0n) is 9.53. The lowest BCUT2D eigenvalue weighted by molar-refractivity contribution is 0.481. The second-order valence-corrected chi connectivity index (χ2v) is 5.50. The highest BCUT2D eigenvalue weighted by molar-refractivity contribution is 7.99. The van der Waals surface area contributed by atoms with E-state index >= 15 is 0 Å². The normalized spacial score (nSPS) is 24.5. The fraction of sp³-hybridized carbons (Fsp3) is 0.500. The van der Waals surface area contributed by atoms with Crippen LogP contribution in [0.25, 0.3) is 0 Å². The highest BCUT2D eigenvalue weighted by Gasteiger charge is 2.35. The van der Waals surface area contributed by atoms with Crippen molar-refractivity contribution in [2.24, 2.45) is 0 Å². The molecule has 82 valence electrons. The largest absolute Gasteiger partial charge is 0.345 e. The Kier molecular flexibility index (Phi) is 2.94. The molecule has 2 nitrogen and oxygen atoms in total. The van der Waals surface area contributed by atoms with Crippen LogP contribution in [0.5, 0.6) is 0 Å². The van der Waals surface area contributed by atoms with Gasteiger partial charge >= 0.3 is 0 Å². The Morgan fingerprint density at radius 3 is 2.60 bits per heavy atom. The number of hydrogen-bond acceptors (Lipinski definition) is 3. The molecule has 1 aliphatic heterocycles. The standard InChI is InChI=1S/C12H18N2S/c1-12(2)9-14(11(13-12)15-3)10-7-5-4-6-8-10/h4-8,11,13H,9H2,1-3H3. The minimum Gasteiger partial charge on any atom is -0.345 e. The van der Waals surface area contributed by atoms with Crippen LogP contribution in [-0.4, -0.2) is 23.8 Å². The van der Waals surface area contributed by atoms with Crippen LogP contribution in [0.1, 0.15) is 13.8 Å². The summed E-state index contributed by atoms with van der Waals surface area (Å²) in [5, 5.41) is 3.62. The van der Waals surface area contributed by atoms with Crippen LogP contribution in [0.3, 0.4) is 0 Å². The predicted molar refractivity (Wildman–Crippen MR) is 68.3 cm³/mol. The Bertz CT molecular complexity index is 324. The third-order valence-corrected chi connectivity index (χ3v) is 3.49. The van der Waals surface area contributed by atoms with Crippen molar-refractivity contribution in [2.75, 3.05) is 17.7 Å². The van der Waals surface area contributed by atoms with E-state index in [4.69, 9.17) is 0 Å². The van der Waals surface area contributed by atoms with Crippen LogP contribution in [0, 0.1) is 0 Å². The van der Waals surface area contributed by atoms with E-state index in [0.717, 1.165) is 6.54 Å². The van der Waals surface area contributed by atoms with Gasteiger partial charge in [-0.2, -0.15) is 0 Å². The molecular formula is C12H18N2S. The fourth-order valence-electron chi connectivity index (χ4n) is 2.00. The first-order chi connectivity index (χ1) is 7.12. The molecule has 1 aromatic carbocycles. The molecule has 0 aromatic heterocycles. The number of nitrogens with one attached hydrogen (secondary N) is 1. The summed E-state index contributed by atoms with van der Waals surface area (Å²) in [5.41, 5.74) is 1.89. The molecule has 0 amide bonds. The summed E-state index contributed by atoms with van der Waals surface area (Å²) >= 11 is 1.85. The van der Waals surface area contributed by atoms with Crippen molar-refractivity contribution in [1.82, 2.24) is 5.32 Å². The summed E-state index contributed by atoms with van der Waals surface area (Å²) in [5.74, 6) is 0. The van der Waals surface area contributed by atoms with Crippen LogP contribution < -0.4 is 10.2 Å². The van der Waals surface area contributed by atoms with Gasteiger partial charge in [-0.1, -0.05) is 18.2 Å². The zero-order valence-corrected chi connectivity index (χ0v) is 10.3. The number of rotatable bonds is 2. The molecule has 0 bridgehead atoms. The van der Waals surface area contributed by atoms with E-state index in [0.29, 0.717) is 5.50 Å². The van der Waals surface area contributed by atoms with Crippen LogP contribution in [0.4, 0.5) is 5.69 Å². The molecule has 1 unspecified atom stereocenters. The lowest BCUT2D eigenvalue weighted by atomic mass is 10.1. The van der Waals surface area contributed by atoms with Gasteiger partial charge in [-0.25, -0.2) is 0 Å². The lowest BCUT2D eigenvalue weighted by Crippen LogP contribution is -2.38. The molecule has 0 radical (unpaired) electrons. The molecule has 2 rings (SSSR count). The van der Waals surface area contributed by atoms with Gasteiger partial charge in [-0.15, -0.1) is 11.8 Å². The Hall–Kier alpha value is -0.670. The van der Waals surface area contributed by atoms with Crippen LogP contribution in [0.2, 0.25) is 0 Å². The highest BCUT2D eigenvalue weighted by atomic mass is 32.2. The molecule has 0 saturated carbocycles. The van der Waals surface area contributed by atoms with Gasteiger partial charge in [0.1, 0.15) is 5.50 Å². The maximum atomic E-state index is 3.62. The number of benzene rings is 1. The number of anilines is 1. The van der Waals surface area contributed by atoms with Gasteiger partial charge < -0.3 is 4.90 Å². The zero-order chi connectivity index (χ0) is 10.9. The van der Waals surface area contributed by atoms with Crippen molar-refractivity contribution >= 4 is 17.4 Å². The van der Waals surface area contributed by atoms with Gasteiger partial charge in [-0.3, -0.25) is 5.32 Å². The first-order valence-corrected chi connectivity index (χ1v) is 6.53. The molecule has 3 heteroatoms. The molecular weight excluding hydrogens is 204 g/mol. The van der Waals surface area contributed by atoms with Crippen molar-refractivity contribution in [3.8, 4) is 0 Å². The average molecular weight is 222 g/mol. The van der Waals surface area contributed by atoms with Crippen molar-refractivity contribution in [2.45, 2.75) is 24.9 Å². The number of nitrogens with zero attached hydrogens (tertiary/aromatic N) is 1. The van der Waals surface area contributed by atoms with Gasteiger partial charge in [0.05, 0.1) is 0 Å². The topological polar surface area (TPSA) is 15.3 Å². The van der Waals surface area contributed by atoms with Crippen LogP contribution >= 0.6 is 11.8 Å². The van der Waals surface area contributed by atoms with Gasteiger partial charge in [0.2, 0.25) is 0 Å². The SMILES string of the molecule is CSC1NC(C)(C)CN1c1ccccc1. The first kappa shape index (κ1) is 10.8. The molecule has 1 aliphatic rings. The number of para-hydroxylation sites is 1. The maximum Gasteiger partial charge on any atom is 0.128 e. The molecule has 1 heterocycles. The lowest BCUT2D eigenvalue weighted by Gasteiger charge is -2.24. The van der Waals surface area contributed by atoms with Gasteiger partial charge in [-0.05, 0) is 32.2 Å². The average Bonchev–Trinajstić information content (AvgIpc) is 2.55. The molecule has 1 saturated heterocycles. The fourth-order valence-corrected chi connectivity index (χ4v) is 2.89.